The maximum absolute atomic E-state index is 13.0. The SMILES string of the molecule is COc1cccc2cc(C(=O)Nc3cc(C)nn3-c3nc4c(cnn4C)c(=O)[nH]3)c(=O)oc12. The number of anilines is 1. The van der Waals surface area contributed by atoms with Gasteiger partial charge in [0.25, 0.3) is 11.5 Å². The van der Waals surface area contributed by atoms with E-state index in [1.807, 2.05) is 0 Å². The number of amides is 1. The van der Waals surface area contributed by atoms with Gasteiger partial charge in [0, 0.05) is 18.5 Å². The normalized spacial score (nSPS) is 11.2. The number of nitrogens with one attached hydrogen (secondary N) is 2. The molecule has 0 unspecified atom stereocenters. The lowest BCUT2D eigenvalue weighted by molar-refractivity contribution is 0.102. The molecular formula is C21H17N7O5. The molecule has 12 heteroatoms. The van der Waals surface area contributed by atoms with Crippen LogP contribution in [0, 0.1) is 6.92 Å². The van der Waals surface area contributed by atoms with Crippen LogP contribution in [0.4, 0.5) is 5.82 Å². The van der Waals surface area contributed by atoms with Gasteiger partial charge < -0.3 is 14.5 Å². The molecule has 0 bridgehead atoms. The van der Waals surface area contributed by atoms with Gasteiger partial charge in [-0.15, -0.1) is 0 Å². The van der Waals surface area contributed by atoms with E-state index in [2.05, 4.69) is 25.5 Å². The molecule has 0 fully saturated rings. The Labute approximate surface area is 184 Å². The second kappa shape index (κ2) is 7.44. The van der Waals surface area contributed by atoms with E-state index in [9.17, 15) is 14.4 Å². The minimum absolute atomic E-state index is 0.0785. The molecule has 5 rings (SSSR count). The van der Waals surface area contributed by atoms with Gasteiger partial charge in [-0.2, -0.15) is 19.9 Å². The number of benzene rings is 1. The number of rotatable bonds is 4. The van der Waals surface area contributed by atoms with Gasteiger partial charge in [0.15, 0.2) is 17.0 Å². The topological polar surface area (TPSA) is 150 Å². The zero-order valence-electron chi connectivity index (χ0n) is 17.7. The second-order valence-electron chi connectivity index (χ2n) is 7.26. The van der Waals surface area contributed by atoms with E-state index in [4.69, 9.17) is 9.15 Å². The summed E-state index contributed by atoms with van der Waals surface area (Å²) in [4.78, 5) is 44.9. The van der Waals surface area contributed by atoms with Crippen molar-refractivity contribution in [1.82, 2.24) is 29.5 Å². The molecule has 0 aliphatic heterocycles. The van der Waals surface area contributed by atoms with Gasteiger partial charge in [-0.25, -0.2) is 4.79 Å². The first-order valence-corrected chi connectivity index (χ1v) is 9.77. The molecule has 0 saturated heterocycles. The highest BCUT2D eigenvalue weighted by molar-refractivity contribution is 6.05. The molecule has 2 N–H and O–H groups in total. The maximum Gasteiger partial charge on any atom is 0.349 e. The van der Waals surface area contributed by atoms with Gasteiger partial charge in [0.1, 0.15) is 16.8 Å². The number of carbonyl (C=O) groups is 1. The number of ether oxygens (including phenoxy) is 1. The molecule has 0 aliphatic carbocycles. The molecule has 1 aromatic carbocycles. The lowest BCUT2D eigenvalue weighted by Gasteiger charge is -2.09. The fourth-order valence-electron chi connectivity index (χ4n) is 3.49. The van der Waals surface area contributed by atoms with Gasteiger partial charge in [0.05, 0.1) is 19.0 Å². The van der Waals surface area contributed by atoms with E-state index in [1.54, 1.807) is 38.2 Å². The Bertz CT molecular complexity index is 1670. The lowest BCUT2D eigenvalue weighted by atomic mass is 10.1. The molecule has 0 atom stereocenters. The summed E-state index contributed by atoms with van der Waals surface area (Å²) in [6, 6.07) is 8.08. The van der Waals surface area contributed by atoms with Crippen LogP contribution in [0.1, 0.15) is 16.1 Å². The molecule has 166 valence electrons. The Morgan fingerprint density at radius 2 is 2.06 bits per heavy atom. The molecule has 0 radical (unpaired) electrons. The van der Waals surface area contributed by atoms with E-state index in [-0.39, 0.29) is 22.9 Å². The zero-order valence-corrected chi connectivity index (χ0v) is 17.7. The number of aryl methyl sites for hydroxylation is 2. The van der Waals surface area contributed by atoms with Crippen molar-refractivity contribution >= 4 is 33.7 Å². The van der Waals surface area contributed by atoms with E-state index < -0.39 is 17.1 Å². The highest BCUT2D eigenvalue weighted by Crippen LogP contribution is 2.25. The predicted molar refractivity (Wildman–Crippen MR) is 118 cm³/mol. The Hall–Kier alpha value is -4.74. The summed E-state index contributed by atoms with van der Waals surface area (Å²) in [5.74, 6) is -0.0495. The number of methoxy groups -OCH3 is 1. The minimum atomic E-state index is -0.824. The van der Waals surface area contributed by atoms with Crippen molar-refractivity contribution in [3.63, 3.8) is 0 Å². The van der Waals surface area contributed by atoms with Crippen LogP contribution in [-0.4, -0.2) is 42.5 Å². The Kier molecular flexibility index (Phi) is 4.55. The number of hydrogen-bond donors (Lipinski definition) is 2. The molecular weight excluding hydrogens is 430 g/mol. The van der Waals surface area contributed by atoms with E-state index in [0.717, 1.165) is 0 Å². The molecule has 33 heavy (non-hydrogen) atoms. The fraction of sp³-hybridized carbons (Fsp3) is 0.143. The maximum atomic E-state index is 13.0. The number of H-pyrrole nitrogens is 1. The van der Waals surface area contributed by atoms with Gasteiger partial charge >= 0.3 is 5.63 Å². The standard InChI is InChI=1S/C21H17N7O5/c1-10-7-15(28(26-10)21-24-17-13(19(30)25-21)9-22-27(17)2)23-18(29)12-8-11-5-4-6-14(32-3)16(11)33-20(12)31/h4-9H,1-3H3,(H,23,29)(H,24,25,30). The highest BCUT2D eigenvalue weighted by atomic mass is 16.5. The Balaban J connectivity index is 1.56. The first-order chi connectivity index (χ1) is 15.9. The van der Waals surface area contributed by atoms with E-state index >= 15 is 0 Å². The van der Waals surface area contributed by atoms with Crippen LogP contribution in [0.2, 0.25) is 0 Å². The average molecular weight is 447 g/mol. The number of fused-ring (bicyclic) bond motifs is 2. The average Bonchev–Trinajstić information content (AvgIpc) is 3.35. The monoisotopic (exact) mass is 447 g/mol. The van der Waals surface area contributed by atoms with Gasteiger partial charge in [-0.1, -0.05) is 12.1 Å². The first kappa shape index (κ1) is 20.2. The quantitative estimate of drug-likeness (QED) is 0.394. The second-order valence-corrected chi connectivity index (χ2v) is 7.26. The summed E-state index contributed by atoms with van der Waals surface area (Å²) in [5.41, 5.74) is -0.289. The molecule has 1 amide bonds. The first-order valence-electron chi connectivity index (χ1n) is 9.77. The molecule has 12 nitrogen and oxygen atoms in total. The summed E-state index contributed by atoms with van der Waals surface area (Å²) < 4.78 is 13.3. The van der Waals surface area contributed by atoms with Crippen LogP contribution in [0.15, 0.2) is 50.5 Å². The third-order valence-corrected chi connectivity index (χ3v) is 5.05. The number of aromatic nitrogens is 6. The van der Waals surface area contributed by atoms with E-state index in [0.29, 0.717) is 27.9 Å². The van der Waals surface area contributed by atoms with Crippen molar-refractivity contribution in [3.8, 4) is 11.7 Å². The molecule has 4 aromatic heterocycles. The summed E-state index contributed by atoms with van der Waals surface area (Å²) in [6.07, 6.45) is 1.41. The van der Waals surface area contributed by atoms with Crippen LogP contribution in [0.3, 0.4) is 0 Å². The smallest absolute Gasteiger partial charge is 0.349 e. The summed E-state index contributed by atoms with van der Waals surface area (Å²) in [6.45, 7) is 1.71. The largest absolute Gasteiger partial charge is 0.493 e. The highest BCUT2D eigenvalue weighted by Gasteiger charge is 2.20. The van der Waals surface area contributed by atoms with Crippen molar-refractivity contribution in [1.29, 1.82) is 0 Å². The Morgan fingerprint density at radius 3 is 2.85 bits per heavy atom. The van der Waals surface area contributed by atoms with Crippen molar-refractivity contribution < 1.29 is 13.9 Å². The van der Waals surface area contributed by atoms with Crippen LogP contribution in [0.25, 0.3) is 28.0 Å². The predicted octanol–water partition coefficient (Wildman–Crippen LogP) is 1.52. The third-order valence-electron chi connectivity index (χ3n) is 5.05. The van der Waals surface area contributed by atoms with Crippen molar-refractivity contribution in [2.24, 2.45) is 7.05 Å². The fourth-order valence-corrected chi connectivity index (χ4v) is 3.49. The van der Waals surface area contributed by atoms with Crippen LogP contribution in [0.5, 0.6) is 5.75 Å². The molecule has 5 aromatic rings. The Morgan fingerprint density at radius 1 is 1.24 bits per heavy atom. The van der Waals surface area contributed by atoms with Crippen molar-refractivity contribution in [3.05, 3.63) is 68.6 Å². The summed E-state index contributed by atoms with van der Waals surface area (Å²) >= 11 is 0. The van der Waals surface area contributed by atoms with Gasteiger partial charge in [-0.05, 0) is 19.1 Å². The summed E-state index contributed by atoms with van der Waals surface area (Å²) in [5, 5.41) is 11.8. The lowest BCUT2D eigenvalue weighted by Crippen LogP contribution is -2.23. The molecule has 0 saturated carbocycles. The number of para-hydroxylation sites is 1. The van der Waals surface area contributed by atoms with Crippen molar-refractivity contribution in [2.45, 2.75) is 6.92 Å². The van der Waals surface area contributed by atoms with Gasteiger partial charge in [-0.3, -0.25) is 19.3 Å². The van der Waals surface area contributed by atoms with E-state index in [1.165, 1.54) is 28.7 Å². The third kappa shape index (κ3) is 3.33. The zero-order chi connectivity index (χ0) is 23.3. The summed E-state index contributed by atoms with van der Waals surface area (Å²) in [7, 11) is 3.11. The van der Waals surface area contributed by atoms with Crippen molar-refractivity contribution in [2.75, 3.05) is 12.4 Å². The van der Waals surface area contributed by atoms with Crippen LogP contribution in [-0.2, 0) is 7.05 Å². The number of aromatic amines is 1. The molecule has 0 spiro atoms. The number of nitrogens with zero attached hydrogens (tertiary/aromatic N) is 5. The van der Waals surface area contributed by atoms with Crippen LogP contribution < -0.4 is 21.2 Å². The molecule has 4 heterocycles. The van der Waals surface area contributed by atoms with Crippen LogP contribution >= 0.6 is 0 Å². The minimum Gasteiger partial charge on any atom is -0.493 e. The number of hydrogen-bond acceptors (Lipinski definition) is 8. The number of carbonyl (C=O) groups excluding carboxylic acids is 1. The molecule has 0 aliphatic rings. The van der Waals surface area contributed by atoms with Gasteiger partial charge in [0.2, 0.25) is 5.95 Å².